The molecule has 0 fully saturated rings. The van der Waals surface area contributed by atoms with Crippen LogP contribution in [0.3, 0.4) is 0 Å². The first-order valence-electron chi connectivity index (χ1n) is 4.26. The van der Waals surface area contributed by atoms with Gasteiger partial charge in [-0.05, 0) is 37.0 Å². The van der Waals surface area contributed by atoms with Crippen molar-refractivity contribution >= 4 is 28.7 Å². The Balaban J connectivity index is 2.22. The van der Waals surface area contributed by atoms with Crippen LogP contribution in [0.5, 0.6) is 0 Å². The van der Waals surface area contributed by atoms with Crippen LogP contribution in [0.25, 0.3) is 0 Å². The molecule has 13 heavy (non-hydrogen) atoms. The van der Waals surface area contributed by atoms with Gasteiger partial charge >= 0.3 is 0 Å². The third kappa shape index (κ3) is 1.84. The molecule has 0 aromatic carbocycles. The van der Waals surface area contributed by atoms with Crippen LogP contribution in [0.1, 0.15) is 28.9 Å². The van der Waals surface area contributed by atoms with Crippen molar-refractivity contribution < 1.29 is 4.79 Å². The Morgan fingerprint density at radius 3 is 2.85 bits per heavy atom. The van der Waals surface area contributed by atoms with Crippen molar-refractivity contribution in [2.45, 2.75) is 19.3 Å². The van der Waals surface area contributed by atoms with E-state index in [0.29, 0.717) is 4.34 Å². The number of halogens is 1. The van der Waals surface area contributed by atoms with Crippen molar-refractivity contribution in [3.63, 3.8) is 0 Å². The second-order valence-electron chi connectivity index (χ2n) is 3.05. The highest BCUT2D eigenvalue weighted by Crippen LogP contribution is 2.27. The highest BCUT2D eigenvalue weighted by molar-refractivity contribution is 7.18. The van der Waals surface area contributed by atoms with E-state index in [1.54, 1.807) is 12.1 Å². The lowest BCUT2D eigenvalue weighted by atomic mass is 10.1. The first-order valence-corrected chi connectivity index (χ1v) is 5.46. The summed E-state index contributed by atoms with van der Waals surface area (Å²) in [5.74, 6) is 0.161. The number of ketones is 1. The van der Waals surface area contributed by atoms with Gasteiger partial charge in [-0.15, -0.1) is 11.3 Å². The van der Waals surface area contributed by atoms with Crippen molar-refractivity contribution in [3.8, 4) is 0 Å². The van der Waals surface area contributed by atoms with Gasteiger partial charge in [0.2, 0.25) is 0 Å². The third-order valence-corrected chi connectivity index (χ3v) is 3.36. The molecule has 1 nitrogen and oxygen atoms in total. The molecular formula is C10H9ClOS. The third-order valence-electron chi connectivity index (χ3n) is 2.13. The van der Waals surface area contributed by atoms with Crippen molar-refractivity contribution in [1.82, 2.24) is 0 Å². The van der Waals surface area contributed by atoms with Crippen LogP contribution in [0, 0.1) is 0 Å². The fourth-order valence-corrected chi connectivity index (χ4v) is 2.49. The average Bonchev–Trinajstić information content (AvgIpc) is 2.72. The molecule has 0 atom stereocenters. The second kappa shape index (κ2) is 3.64. The number of carbonyl (C=O) groups excluding carboxylic acids is 1. The smallest absolute Gasteiger partial charge is 0.198 e. The fourth-order valence-electron chi connectivity index (χ4n) is 1.47. The molecule has 3 heteroatoms. The fraction of sp³-hybridized carbons (Fsp3) is 0.300. The largest absolute Gasteiger partial charge is 0.288 e. The number of hydrogen-bond acceptors (Lipinski definition) is 2. The highest BCUT2D eigenvalue weighted by Gasteiger charge is 2.16. The highest BCUT2D eigenvalue weighted by atomic mass is 35.5. The van der Waals surface area contributed by atoms with E-state index in [4.69, 9.17) is 11.6 Å². The zero-order valence-electron chi connectivity index (χ0n) is 7.05. The molecule has 0 amide bonds. The monoisotopic (exact) mass is 212 g/mol. The second-order valence-corrected chi connectivity index (χ2v) is 4.77. The lowest BCUT2D eigenvalue weighted by molar-refractivity contribution is 0.103. The van der Waals surface area contributed by atoms with Crippen LogP contribution in [0.2, 0.25) is 4.34 Å². The summed E-state index contributed by atoms with van der Waals surface area (Å²) in [5, 5.41) is 0. The summed E-state index contributed by atoms with van der Waals surface area (Å²) < 4.78 is 0.682. The van der Waals surface area contributed by atoms with Gasteiger partial charge in [0.1, 0.15) is 0 Å². The van der Waals surface area contributed by atoms with E-state index in [-0.39, 0.29) is 5.78 Å². The Hall–Kier alpha value is -0.600. The van der Waals surface area contributed by atoms with Crippen LogP contribution in [-0.2, 0) is 0 Å². The molecule has 0 spiro atoms. The molecule has 0 radical (unpaired) electrons. The summed E-state index contributed by atoms with van der Waals surface area (Å²) in [6.45, 7) is 0. The number of thiophene rings is 1. The number of Topliss-reactive ketones (excluding diaryl/α,β-unsaturated/α-hetero) is 1. The molecule has 1 aliphatic rings. The van der Waals surface area contributed by atoms with Gasteiger partial charge in [0.05, 0.1) is 9.21 Å². The van der Waals surface area contributed by atoms with E-state index in [0.717, 1.165) is 29.7 Å². The Labute approximate surface area is 86.0 Å². The maximum atomic E-state index is 11.7. The summed E-state index contributed by atoms with van der Waals surface area (Å²) in [5.41, 5.74) is 0.957. The number of carbonyl (C=O) groups is 1. The molecule has 2 rings (SSSR count). The molecule has 0 saturated carbocycles. The number of rotatable bonds is 2. The van der Waals surface area contributed by atoms with Gasteiger partial charge in [-0.1, -0.05) is 17.7 Å². The predicted molar refractivity (Wildman–Crippen MR) is 55.6 cm³/mol. The SMILES string of the molecule is O=C(C1=CCCC1)c1ccc(Cl)s1. The van der Waals surface area contributed by atoms with Crippen LogP contribution >= 0.6 is 22.9 Å². The molecule has 1 aliphatic carbocycles. The van der Waals surface area contributed by atoms with Gasteiger partial charge in [-0.2, -0.15) is 0 Å². The molecule has 0 unspecified atom stereocenters. The summed E-state index contributed by atoms with van der Waals surface area (Å²) in [4.78, 5) is 12.5. The first-order chi connectivity index (χ1) is 6.27. The Bertz CT molecular complexity index is 365. The molecule has 0 saturated heterocycles. The minimum atomic E-state index is 0.161. The number of allylic oxidation sites excluding steroid dienone is 2. The normalized spacial score (nSPS) is 15.9. The van der Waals surface area contributed by atoms with Gasteiger partial charge in [-0.3, -0.25) is 4.79 Å². The van der Waals surface area contributed by atoms with Crippen molar-refractivity contribution in [2.75, 3.05) is 0 Å². The lowest BCUT2D eigenvalue weighted by Gasteiger charge is -1.96. The topological polar surface area (TPSA) is 17.1 Å². The summed E-state index contributed by atoms with van der Waals surface area (Å²) >= 11 is 7.12. The van der Waals surface area contributed by atoms with E-state index in [1.807, 2.05) is 6.08 Å². The summed E-state index contributed by atoms with van der Waals surface area (Å²) in [6.07, 6.45) is 5.12. The molecule has 0 aliphatic heterocycles. The maximum Gasteiger partial charge on any atom is 0.198 e. The Morgan fingerprint density at radius 2 is 2.31 bits per heavy atom. The van der Waals surface area contributed by atoms with E-state index >= 15 is 0 Å². The molecule has 68 valence electrons. The Kier molecular flexibility index (Phi) is 2.51. The van der Waals surface area contributed by atoms with Crippen molar-refractivity contribution in [2.24, 2.45) is 0 Å². The first kappa shape index (κ1) is 8.97. The molecule has 1 aromatic rings. The predicted octanol–water partition coefficient (Wildman–Crippen LogP) is 3.69. The van der Waals surface area contributed by atoms with Gasteiger partial charge < -0.3 is 0 Å². The van der Waals surface area contributed by atoms with E-state index in [2.05, 4.69) is 0 Å². The van der Waals surface area contributed by atoms with Crippen LogP contribution in [0.15, 0.2) is 23.8 Å². The minimum absolute atomic E-state index is 0.161. The van der Waals surface area contributed by atoms with Crippen LogP contribution in [0.4, 0.5) is 0 Å². The van der Waals surface area contributed by atoms with Gasteiger partial charge in [0.15, 0.2) is 5.78 Å². The van der Waals surface area contributed by atoms with Crippen molar-refractivity contribution in [3.05, 3.63) is 33.0 Å². The van der Waals surface area contributed by atoms with Gasteiger partial charge in [0, 0.05) is 0 Å². The minimum Gasteiger partial charge on any atom is -0.288 e. The zero-order chi connectivity index (χ0) is 9.26. The molecule has 0 N–H and O–H groups in total. The standard InChI is InChI=1S/C10H9ClOS/c11-9-6-5-8(13-9)10(12)7-3-1-2-4-7/h3,5-6H,1-2,4H2. The molecular weight excluding hydrogens is 204 g/mol. The summed E-state index contributed by atoms with van der Waals surface area (Å²) in [7, 11) is 0. The van der Waals surface area contributed by atoms with Crippen LogP contribution < -0.4 is 0 Å². The summed E-state index contributed by atoms with van der Waals surface area (Å²) in [6, 6.07) is 3.57. The van der Waals surface area contributed by atoms with E-state index < -0.39 is 0 Å². The maximum absolute atomic E-state index is 11.7. The van der Waals surface area contributed by atoms with E-state index in [1.165, 1.54) is 11.3 Å². The van der Waals surface area contributed by atoms with Crippen LogP contribution in [-0.4, -0.2) is 5.78 Å². The van der Waals surface area contributed by atoms with Gasteiger partial charge in [-0.25, -0.2) is 0 Å². The average molecular weight is 213 g/mol. The van der Waals surface area contributed by atoms with Gasteiger partial charge in [0.25, 0.3) is 0 Å². The number of hydrogen-bond donors (Lipinski definition) is 0. The molecule has 1 aromatic heterocycles. The quantitative estimate of drug-likeness (QED) is 0.684. The van der Waals surface area contributed by atoms with E-state index in [9.17, 15) is 4.79 Å². The molecule has 0 bridgehead atoms. The lowest BCUT2D eigenvalue weighted by Crippen LogP contribution is -1.97. The Morgan fingerprint density at radius 1 is 1.46 bits per heavy atom. The van der Waals surface area contributed by atoms with Crippen molar-refractivity contribution in [1.29, 1.82) is 0 Å². The molecule has 1 heterocycles. The zero-order valence-corrected chi connectivity index (χ0v) is 8.62.